The second-order valence-electron chi connectivity index (χ2n) is 6.44. The lowest BCUT2D eigenvalue weighted by molar-refractivity contribution is 0.194. The Bertz CT molecular complexity index is 773. The van der Waals surface area contributed by atoms with Crippen LogP contribution in [0.25, 0.3) is 0 Å². The molecule has 1 aliphatic heterocycles. The fraction of sp³-hybridized carbons (Fsp3) is 0.350. The summed E-state index contributed by atoms with van der Waals surface area (Å²) in [5.41, 5.74) is 3.28. The van der Waals surface area contributed by atoms with Gasteiger partial charge in [-0.2, -0.15) is 0 Å². The maximum absolute atomic E-state index is 12.4. The van der Waals surface area contributed by atoms with Gasteiger partial charge in [-0.1, -0.05) is 41.4 Å². The molecule has 1 aliphatic rings. The SMILES string of the molecule is COc1ccc(Cl)cc1N1CCN(C(=O)NCc2cccc(C)c2)CC1. The van der Waals surface area contributed by atoms with Gasteiger partial charge < -0.3 is 19.9 Å². The number of piperazine rings is 1. The monoisotopic (exact) mass is 373 g/mol. The molecule has 1 fully saturated rings. The standard InChI is InChI=1S/C20H24ClN3O2/c1-15-4-3-5-16(12-15)14-22-20(25)24-10-8-23(9-11-24)18-13-17(21)6-7-19(18)26-2/h3-7,12-13H,8-11,14H2,1-2H3,(H,22,25). The number of methoxy groups -OCH3 is 1. The lowest BCUT2D eigenvalue weighted by Gasteiger charge is -2.36. The molecule has 0 saturated carbocycles. The van der Waals surface area contributed by atoms with Crippen LogP contribution in [0.2, 0.25) is 5.02 Å². The molecule has 1 saturated heterocycles. The number of nitrogens with one attached hydrogen (secondary N) is 1. The van der Waals surface area contributed by atoms with Gasteiger partial charge in [0.25, 0.3) is 0 Å². The van der Waals surface area contributed by atoms with Gasteiger partial charge in [0.2, 0.25) is 0 Å². The quantitative estimate of drug-likeness (QED) is 0.889. The molecule has 5 nitrogen and oxygen atoms in total. The van der Waals surface area contributed by atoms with E-state index in [1.807, 2.05) is 35.2 Å². The summed E-state index contributed by atoms with van der Waals surface area (Å²) in [4.78, 5) is 16.5. The predicted octanol–water partition coefficient (Wildman–Crippen LogP) is 3.69. The Hall–Kier alpha value is -2.40. The van der Waals surface area contributed by atoms with Gasteiger partial charge in [-0.3, -0.25) is 0 Å². The van der Waals surface area contributed by atoms with Crippen molar-refractivity contribution in [3.05, 3.63) is 58.6 Å². The third kappa shape index (κ3) is 4.41. The van der Waals surface area contributed by atoms with Crippen molar-refractivity contribution < 1.29 is 9.53 Å². The molecule has 1 N–H and O–H groups in total. The Labute approximate surface area is 159 Å². The minimum absolute atomic E-state index is 0.0239. The number of halogens is 1. The summed E-state index contributed by atoms with van der Waals surface area (Å²) in [7, 11) is 1.65. The number of anilines is 1. The molecule has 1 heterocycles. The Morgan fingerprint density at radius 1 is 1.15 bits per heavy atom. The van der Waals surface area contributed by atoms with Crippen molar-refractivity contribution >= 4 is 23.3 Å². The number of hydrogen-bond acceptors (Lipinski definition) is 3. The third-order valence-electron chi connectivity index (χ3n) is 4.57. The summed E-state index contributed by atoms with van der Waals surface area (Å²) in [5.74, 6) is 0.798. The normalized spacial score (nSPS) is 14.3. The van der Waals surface area contributed by atoms with Crippen LogP contribution >= 0.6 is 11.6 Å². The Kier molecular flexibility index (Phi) is 5.89. The number of rotatable bonds is 4. The van der Waals surface area contributed by atoms with Gasteiger partial charge in [-0.15, -0.1) is 0 Å². The first-order chi connectivity index (χ1) is 12.6. The molecule has 0 aromatic heterocycles. The van der Waals surface area contributed by atoms with Crippen molar-refractivity contribution in [2.24, 2.45) is 0 Å². The lowest BCUT2D eigenvalue weighted by atomic mass is 10.1. The molecule has 138 valence electrons. The van der Waals surface area contributed by atoms with Crippen LogP contribution in [0.4, 0.5) is 10.5 Å². The van der Waals surface area contributed by atoms with E-state index in [2.05, 4.69) is 29.3 Å². The van der Waals surface area contributed by atoms with Crippen LogP contribution in [0, 0.1) is 6.92 Å². The fourth-order valence-corrected chi connectivity index (χ4v) is 3.34. The van der Waals surface area contributed by atoms with Gasteiger partial charge in [0.15, 0.2) is 0 Å². The Morgan fingerprint density at radius 3 is 2.62 bits per heavy atom. The van der Waals surface area contributed by atoms with E-state index in [4.69, 9.17) is 16.3 Å². The first-order valence-corrected chi connectivity index (χ1v) is 9.11. The van der Waals surface area contributed by atoms with E-state index >= 15 is 0 Å². The Balaban J connectivity index is 1.55. The minimum Gasteiger partial charge on any atom is -0.495 e. The molecule has 0 unspecified atom stereocenters. The summed E-state index contributed by atoms with van der Waals surface area (Å²) in [6.45, 7) is 5.41. The number of ether oxygens (including phenoxy) is 1. The number of urea groups is 1. The summed E-state index contributed by atoms with van der Waals surface area (Å²) in [5, 5.41) is 3.68. The van der Waals surface area contributed by atoms with Crippen molar-refractivity contribution in [3.63, 3.8) is 0 Å². The van der Waals surface area contributed by atoms with E-state index in [1.165, 1.54) is 5.56 Å². The summed E-state index contributed by atoms with van der Waals surface area (Å²) in [6, 6.07) is 13.7. The number of carbonyl (C=O) groups is 1. The first kappa shape index (κ1) is 18.4. The molecule has 0 aliphatic carbocycles. The molecule has 0 spiro atoms. The number of nitrogens with zero attached hydrogens (tertiary/aromatic N) is 2. The molecular formula is C20H24ClN3O2. The third-order valence-corrected chi connectivity index (χ3v) is 4.81. The topological polar surface area (TPSA) is 44.8 Å². The maximum Gasteiger partial charge on any atom is 0.317 e. The second kappa shape index (κ2) is 8.32. The maximum atomic E-state index is 12.4. The molecule has 0 radical (unpaired) electrons. The predicted molar refractivity (Wildman–Crippen MR) is 105 cm³/mol. The fourth-order valence-electron chi connectivity index (χ4n) is 3.17. The number of carbonyl (C=O) groups excluding carboxylic acids is 1. The van der Waals surface area contributed by atoms with E-state index in [9.17, 15) is 4.79 Å². The number of hydrogen-bond donors (Lipinski definition) is 1. The van der Waals surface area contributed by atoms with E-state index in [1.54, 1.807) is 7.11 Å². The zero-order valence-corrected chi connectivity index (χ0v) is 15.9. The molecule has 6 heteroatoms. The van der Waals surface area contributed by atoms with E-state index in [-0.39, 0.29) is 6.03 Å². The zero-order chi connectivity index (χ0) is 18.5. The van der Waals surface area contributed by atoms with Crippen molar-refractivity contribution in [2.75, 3.05) is 38.2 Å². The number of amides is 2. The molecule has 2 amide bonds. The van der Waals surface area contributed by atoms with Crippen LogP contribution in [0.15, 0.2) is 42.5 Å². The van der Waals surface area contributed by atoms with Gasteiger partial charge in [0.1, 0.15) is 5.75 Å². The first-order valence-electron chi connectivity index (χ1n) is 8.73. The highest BCUT2D eigenvalue weighted by molar-refractivity contribution is 6.30. The van der Waals surface area contributed by atoms with Crippen molar-refractivity contribution in [1.29, 1.82) is 0 Å². The second-order valence-corrected chi connectivity index (χ2v) is 6.87. The van der Waals surface area contributed by atoms with Crippen molar-refractivity contribution in [1.82, 2.24) is 10.2 Å². The van der Waals surface area contributed by atoms with Crippen molar-refractivity contribution in [2.45, 2.75) is 13.5 Å². The smallest absolute Gasteiger partial charge is 0.317 e. The highest BCUT2D eigenvalue weighted by atomic mass is 35.5. The average molecular weight is 374 g/mol. The van der Waals surface area contributed by atoms with Gasteiger partial charge in [0, 0.05) is 37.7 Å². The van der Waals surface area contributed by atoms with Gasteiger partial charge >= 0.3 is 6.03 Å². The number of benzene rings is 2. The Morgan fingerprint density at radius 2 is 1.92 bits per heavy atom. The van der Waals surface area contributed by atoms with Gasteiger partial charge in [-0.25, -0.2) is 4.79 Å². The molecule has 26 heavy (non-hydrogen) atoms. The van der Waals surface area contributed by atoms with Gasteiger partial charge in [0.05, 0.1) is 12.8 Å². The van der Waals surface area contributed by atoms with Crippen LogP contribution in [0.1, 0.15) is 11.1 Å². The highest BCUT2D eigenvalue weighted by Crippen LogP contribution is 2.31. The summed E-state index contributed by atoms with van der Waals surface area (Å²) >= 11 is 6.13. The van der Waals surface area contributed by atoms with Crippen LogP contribution in [0.3, 0.4) is 0 Å². The van der Waals surface area contributed by atoms with Crippen LogP contribution in [-0.4, -0.2) is 44.2 Å². The molecular weight excluding hydrogens is 350 g/mol. The average Bonchev–Trinajstić information content (AvgIpc) is 2.66. The largest absolute Gasteiger partial charge is 0.495 e. The molecule has 3 rings (SSSR count). The van der Waals surface area contributed by atoms with Crippen molar-refractivity contribution in [3.8, 4) is 5.75 Å². The van der Waals surface area contributed by atoms with Crippen LogP contribution in [-0.2, 0) is 6.54 Å². The molecule has 2 aromatic rings. The lowest BCUT2D eigenvalue weighted by Crippen LogP contribution is -2.51. The molecule has 2 aromatic carbocycles. The highest BCUT2D eigenvalue weighted by Gasteiger charge is 2.23. The number of aryl methyl sites for hydroxylation is 1. The molecule has 0 bridgehead atoms. The zero-order valence-electron chi connectivity index (χ0n) is 15.2. The summed E-state index contributed by atoms with van der Waals surface area (Å²) in [6.07, 6.45) is 0. The van der Waals surface area contributed by atoms with E-state index in [0.29, 0.717) is 24.7 Å². The van der Waals surface area contributed by atoms with E-state index < -0.39 is 0 Å². The van der Waals surface area contributed by atoms with Crippen LogP contribution in [0.5, 0.6) is 5.75 Å². The van der Waals surface area contributed by atoms with E-state index in [0.717, 1.165) is 30.1 Å². The summed E-state index contributed by atoms with van der Waals surface area (Å²) < 4.78 is 5.43. The minimum atomic E-state index is -0.0239. The van der Waals surface area contributed by atoms with Gasteiger partial charge in [-0.05, 0) is 30.7 Å². The molecule has 0 atom stereocenters. The van der Waals surface area contributed by atoms with Crippen LogP contribution < -0.4 is 15.0 Å².